The summed E-state index contributed by atoms with van der Waals surface area (Å²) in [5.74, 6) is -0.434. The first kappa shape index (κ1) is 16.6. The lowest BCUT2D eigenvalue weighted by Gasteiger charge is -2.10. The quantitative estimate of drug-likeness (QED) is 0.758. The minimum Gasteiger partial charge on any atom is -0.355 e. The number of rotatable bonds is 3. The molecule has 2 amide bonds. The van der Waals surface area contributed by atoms with Crippen molar-refractivity contribution in [3.05, 3.63) is 65.2 Å². The molecule has 3 N–H and O–H groups in total. The molecule has 0 saturated heterocycles. The second-order valence-electron chi connectivity index (χ2n) is 4.93. The normalized spacial score (nSPS) is 9.83. The smallest absolute Gasteiger partial charge is 0.257 e. The monoisotopic (exact) mass is 327 g/mol. The van der Waals surface area contributed by atoms with Gasteiger partial charge in [-0.15, -0.1) is 0 Å². The van der Waals surface area contributed by atoms with Crippen LogP contribution >= 0.6 is 12.2 Å². The zero-order chi connectivity index (χ0) is 16.8. The number of carbonyl (C=O) groups is 2. The maximum absolute atomic E-state index is 12.0. The SMILES string of the molecule is CNC(=O)c1ccc(NC(=S)NC(=O)c2ccc(C)cc2)cc1. The number of amides is 2. The standard InChI is InChI=1S/C17H17N3O2S/c1-11-3-5-13(6-4-11)16(22)20-17(23)19-14-9-7-12(8-10-14)15(21)18-2/h3-10H,1-2H3,(H,18,21)(H2,19,20,22,23). The Hall–Kier alpha value is -2.73. The van der Waals surface area contributed by atoms with Crippen molar-refractivity contribution >= 4 is 34.8 Å². The van der Waals surface area contributed by atoms with Gasteiger partial charge in [-0.3, -0.25) is 14.9 Å². The lowest BCUT2D eigenvalue weighted by molar-refractivity contribution is 0.0959. The molecule has 0 spiro atoms. The Morgan fingerprint density at radius 2 is 1.39 bits per heavy atom. The summed E-state index contributed by atoms with van der Waals surface area (Å²) in [5.41, 5.74) is 2.85. The van der Waals surface area contributed by atoms with Crippen LogP contribution in [-0.2, 0) is 0 Å². The number of thiocarbonyl (C=S) groups is 1. The molecule has 0 aliphatic heterocycles. The van der Waals surface area contributed by atoms with Gasteiger partial charge in [0.15, 0.2) is 5.11 Å². The Kier molecular flexibility index (Phi) is 5.43. The highest BCUT2D eigenvalue weighted by Gasteiger charge is 2.08. The van der Waals surface area contributed by atoms with Crippen molar-refractivity contribution in [1.82, 2.24) is 10.6 Å². The third kappa shape index (κ3) is 4.62. The summed E-state index contributed by atoms with van der Waals surface area (Å²) in [6.45, 7) is 1.95. The third-order valence-electron chi connectivity index (χ3n) is 3.17. The van der Waals surface area contributed by atoms with Gasteiger partial charge in [-0.25, -0.2) is 0 Å². The maximum Gasteiger partial charge on any atom is 0.257 e. The fourth-order valence-corrected chi connectivity index (χ4v) is 2.10. The first-order valence-corrected chi connectivity index (χ1v) is 7.41. The van der Waals surface area contributed by atoms with Crippen molar-refractivity contribution in [2.75, 3.05) is 12.4 Å². The van der Waals surface area contributed by atoms with Crippen molar-refractivity contribution in [1.29, 1.82) is 0 Å². The second kappa shape index (κ2) is 7.51. The summed E-state index contributed by atoms with van der Waals surface area (Å²) < 4.78 is 0. The van der Waals surface area contributed by atoms with E-state index in [9.17, 15) is 9.59 Å². The molecule has 0 radical (unpaired) electrons. The highest BCUT2D eigenvalue weighted by molar-refractivity contribution is 7.80. The molecule has 23 heavy (non-hydrogen) atoms. The number of hydrogen-bond acceptors (Lipinski definition) is 3. The molecule has 2 rings (SSSR count). The molecule has 2 aromatic carbocycles. The lowest BCUT2D eigenvalue weighted by Crippen LogP contribution is -2.34. The largest absolute Gasteiger partial charge is 0.355 e. The number of carbonyl (C=O) groups excluding carboxylic acids is 2. The molecule has 0 aliphatic carbocycles. The van der Waals surface area contributed by atoms with Crippen molar-refractivity contribution in [3.8, 4) is 0 Å². The molecule has 0 saturated carbocycles. The Morgan fingerprint density at radius 1 is 0.870 bits per heavy atom. The Balaban J connectivity index is 1.95. The van der Waals surface area contributed by atoms with Crippen LogP contribution in [0.15, 0.2) is 48.5 Å². The van der Waals surface area contributed by atoms with Gasteiger partial charge < -0.3 is 10.6 Å². The first-order valence-electron chi connectivity index (χ1n) is 7.01. The zero-order valence-electron chi connectivity index (χ0n) is 12.8. The Bertz CT molecular complexity index is 725. The maximum atomic E-state index is 12.0. The second-order valence-corrected chi connectivity index (χ2v) is 5.34. The predicted octanol–water partition coefficient (Wildman–Crippen LogP) is 2.48. The zero-order valence-corrected chi connectivity index (χ0v) is 13.7. The van der Waals surface area contributed by atoms with Crippen molar-refractivity contribution < 1.29 is 9.59 Å². The summed E-state index contributed by atoms with van der Waals surface area (Å²) in [7, 11) is 1.57. The summed E-state index contributed by atoms with van der Waals surface area (Å²) in [5, 5.41) is 8.27. The van der Waals surface area contributed by atoms with Crippen LogP contribution in [0.2, 0.25) is 0 Å². The van der Waals surface area contributed by atoms with E-state index in [1.165, 1.54) is 0 Å². The van der Waals surface area contributed by atoms with E-state index in [0.29, 0.717) is 16.8 Å². The predicted molar refractivity (Wildman–Crippen MR) is 94.7 cm³/mol. The van der Waals surface area contributed by atoms with Crippen LogP contribution in [0, 0.1) is 6.92 Å². The van der Waals surface area contributed by atoms with E-state index in [2.05, 4.69) is 16.0 Å². The van der Waals surface area contributed by atoms with Gasteiger partial charge in [-0.1, -0.05) is 17.7 Å². The number of hydrogen-bond donors (Lipinski definition) is 3. The molecule has 0 unspecified atom stereocenters. The number of aryl methyl sites for hydroxylation is 1. The molecule has 118 valence electrons. The molecule has 0 heterocycles. The third-order valence-corrected chi connectivity index (χ3v) is 3.38. The average molecular weight is 327 g/mol. The van der Waals surface area contributed by atoms with Crippen molar-refractivity contribution in [2.45, 2.75) is 6.92 Å². The minimum atomic E-state index is -0.274. The molecule has 0 fully saturated rings. The average Bonchev–Trinajstić information content (AvgIpc) is 2.55. The lowest BCUT2D eigenvalue weighted by atomic mass is 10.1. The summed E-state index contributed by atoms with van der Waals surface area (Å²) in [4.78, 5) is 23.5. The highest BCUT2D eigenvalue weighted by Crippen LogP contribution is 2.09. The molecular formula is C17H17N3O2S. The van der Waals surface area contributed by atoms with E-state index in [1.807, 2.05) is 19.1 Å². The van der Waals surface area contributed by atoms with Crippen LogP contribution in [0.4, 0.5) is 5.69 Å². The fraction of sp³-hybridized carbons (Fsp3) is 0.118. The molecule has 5 nitrogen and oxygen atoms in total. The summed E-state index contributed by atoms with van der Waals surface area (Å²) >= 11 is 5.12. The highest BCUT2D eigenvalue weighted by atomic mass is 32.1. The summed E-state index contributed by atoms with van der Waals surface area (Å²) in [6, 6.07) is 14.0. The number of nitrogens with one attached hydrogen (secondary N) is 3. The van der Waals surface area contributed by atoms with E-state index < -0.39 is 0 Å². The van der Waals surface area contributed by atoms with Gasteiger partial charge in [0.2, 0.25) is 0 Å². The Labute approximate surface area is 140 Å². The Morgan fingerprint density at radius 3 is 1.96 bits per heavy atom. The van der Waals surface area contributed by atoms with Crippen LogP contribution in [0.5, 0.6) is 0 Å². The van der Waals surface area contributed by atoms with E-state index in [0.717, 1.165) is 5.56 Å². The van der Waals surface area contributed by atoms with Crippen LogP contribution in [-0.4, -0.2) is 24.0 Å². The molecule has 0 aromatic heterocycles. The van der Waals surface area contributed by atoms with Gasteiger partial charge in [0, 0.05) is 23.9 Å². The first-order chi connectivity index (χ1) is 11.0. The van der Waals surface area contributed by atoms with Gasteiger partial charge in [0.05, 0.1) is 0 Å². The van der Waals surface area contributed by atoms with Crippen molar-refractivity contribution in [3.63, 3.8) is 0 Å². The number of benzene rings is 2. The fourth-order valence-electron chi connectivity index (χ4n) is 1.89. The van der Waals surface area contributed by atoms with Gasteiger partial charge in [0.25, 0.3) is 11.8 Å². The topological polar surface area (TPSA) is 70.2 Å². The molecule has 0 aliphatic rings. The summed E-state index contributed by atoms with van der Waals surface area (Å²) in [6.07, 6.45) is 0. The van der Waals surface area contributed by atoms with Crippen LogP contribution in [0.25, 0.3) is 0 Å². The number of anilines is 1. The van der Waals surface area contributed by atoms with Crippen LogP contribution < -0.4 is 16.0 Å². The van der Waals surface area contributed by atoms with Crippen molar-refractivity contribution in [2.24, 2.45) is 0 Å². The van der Waals surface area contributed by atoms with Gasteiger partial charge in [-0.05, 0) is 55.5 Å². The molecular weight excluding hydrogens is 310 g/mol. The molecule has 2 aromatic rings. The van der Waals surface area contributed by atoms with E-state index in [4.69, 9.17) is 12.2 Å². The van der Waals surface area contributed by atoms with E-state index >= 15 is 0 Å². The molecule has 6 heteroatoms. The van der Waals surface area contributed by atoms with Gasteiger partial charge in [0.1, 0.15) is 0 Å². The van der Waals surface area contributed by atoms with Crippen LogP contribution in [0.1, 0.15) is 26.3 Å². The van der Waals surface area contributed by atoms with Gasteiger partial charge >= 0.3 is 0 Å². The molecule has 0 atom stereocenters. The van der Waals surface area contributed by atoms with Gasteiger partial charge in [-0.2, -0.15) is 0 Å². The van der Waals surface area contributed by atoms with E-state index in [1.54, 1.807) is 43.4 Å². The molecule has 0 bridgehead atoms. The minimum absolute atomic E-state index is 0.160. The van der Waals surface area contributed by atoms with E-state index in [-0.39, 0.29) is 16.9 Å². The van der Waals surface area contributed by atoms with Crippen LogP contribution in [0.3, 0.4) is 0 Å².